The number of hydrogen-bond acceptors (Lipinski definition) is 3. The molecule has 3 aromatic rings. The second kappa shape index (κ2) is 9.84. The van der Waals surface area contributed by atoms with E-state index in [1.807, 2.05) is 30.3 Å². The van der Waals surface area contributed by atoms with Crippen molar-refractivity contribution in [2.24, 2.45) is 0 Å². The van der Waals surface area contributed by atoms with Gasteiger partial charge >= 0.3 is 0 Å². The van der Waals surface area contributed by atoms with E-state index in [9.17, 15) is 4.79 Å². The predicted octanol–water partition coefficient (Wildman–Crippen LogP) is 7.13. The van der Waals surface area contributed by atoms with Gasteiger partial charge in [0.15, 0.2) is 5.78 Å². The van der Waals surface area contributed by atoms with Gasteiger partial charge in [-0.2, -0.15) is 0 Å². The topological polar surface area (TPSA) is 35.5 Å². The number of halogens is 3. The van der Waals surface area contributed by atoms with E-state index in [-0.39, 0.29) is 5.78 Å². The number of carbonyl (C=O) groups excluding carboxylic acids is 1. The Balaban J connectivity index is 1.75. The number of carbonyl (C=O) groups is 1. The lowest BCUT2D eigenvalue weighted by Crippen LogP contribution is -1.99. The van der Waals surface area contributed by atoms with Crippen LogP contribution in [-0.2, 0) is 6.61 Å². The molecule has 0 aliphatic rings. The molecule has 0 aromatic heterocycles. The van der Waals surface area contributed by atoms with Gasteiger partial charge in [0.05, 0.1) is 17.2 Å². The first kappa shape index (κ1) is 21.3. The van der Waals surface area contributed by atoms with Crippen molar-refractivity contribution in [1.29, 1.82) is 0 Å². The molecule has 0 aliphatic carbocycles. The molecule has 6 heteroatoms. The lowest BCUT2D eigenvalue weighted by atomic mass is 10.1. The molecule has 3 rings (SSSR count). The SMILES string of the molecule is COc1ccc(/C=C/C(=O)c2ccc(Cl)c(Cl)c2)cc1COc1cccc(Cl)c1. The van der Waals surface area contributed by atoms with E-state index in [1.165, 1.54) is 6.08 Å². The van der Waals surface area contributed by atoms with Gasteiger partial charge in [-0.05, 0) is 60.2 Å². The molecule has 0 saturated heterocycles. The molecule has 0 amide bonds. The third-order valence-electron chi connectivity index (χ3n) is 4.13. The molecule has 0 N–H and O–H groups in total. The summed E-state index contributed by atoms with van der Waals surface area (Å²) in [5.41, 5.74) is 2.15. The molecule has 0 radical (unpaired) electrons. The van der Waals surface area contributed by atoms with Crippen molar-refractivity contribution in [3.63, 3.8) is 0 Å². The lowest BCUT2D eigenvalue weighted by molar-refractivity contribution is 0.104. The highest BCUT2D eigenvalue weighted by atomic mass is 35.5. The molecule has 3 aromatic carbocycles. The van der Waals surface area contributed by atoms with Crippen molar-refractivity contribution in [1.82, 2.24) is 0 Å². The number of rotatable bonds is 7. The Morgan fingerprint density at radius 1 is 0.966 bits per heavy atom. The first-order valence-electron chi connectivity index (χ1n) is 8.69. The molecule has 0 saturated carbocycles. The van der Waals surface area contributed by atoms with Crippen LogP contribution in [0.5, 0.6) is 11.5 Å². The normalized spacial score (nSPS) is 10.9. The zero-order valence-electron chi connectivity index (χ0n) is 15.5. The first-order valence-corrected chi connectivity index (χ1v) is 9.82. The maximum Gasteiger partial charge on any atom is 0.185 e. The summed E-state index contributed by atoms with van der Waals surface area (Å²) in [6.07, 6.45) is 3.22. The predicted molar refractivity (Wildman–Crippen MR) is 119 cm³/mol. The summed E-state index contributed by atoms with van der Waals surface area (Å²) >= 11 is 17.9. The minimum atomic E-state index is -0.170. The van der Waals surface area contributed by atoms with Crippen LogP contribution in [0.3, 0.4) is 0 Å². The Morgan fingerprint density at radius 3 is 2.52 bits per heavy atom. The third kappa shape index (κ3) is 5.77. The summed E-state index contributed by atoms with van der Waals surface area (Å²) in [4.78, 5) is 12.4. The van der Waals surface area contributed by atoms with E-state index < -0.39 is 0 Å². The fraction of sp³-hybridized carbons (Fsp3) is 0.0870. The van der Waals surface area contributed by atoms with Crippen LogP contribution in [0.15, 0.2) is 66.7 Å². The van der Waals surface area contributed by atoms with Crippen LogP contribution in [0.2, 0.25) is 15.1 Å². The fourth-order valence-electron chi connectivity index (χ4n) is 2.65. The van der Waals surface area contributed by atoms with Gasteiger partial charge in [-0.15, -0.1) is 0 Å². The number of hydrogen-bond donors (Lipinski definition) is 0. The average Bonchev–Trinajstić information content (AvgIpc) is 2.72. The maximum absolute atomic E-state index is 12.4. The van der Waals surface area contributed by atoms with Crippen molar-refractivity contribution < 1.29 is 14.3 Å². The molecule has 0 bridgehead atoms. The van der Waals surface area contributed by atoms with Crippen LogP contribution >= 0.6 is 34.8 Å². The summed E-state index contributed by atoms with van der Waals surface area (Å²) in [5, 5.41) is 1.36. The number of methoxy groups -OCH3 is 1. The Bertz CT molecular complexity index is 1060. The summed E-state index contributed by atoms with van der Waals surface area (Å²) in [6, 6.07) is 17.6. The van der Waals surface area contributed by atoms with Crippen molar-refractivity contribution in [2.45, 2.75) is 6.61 Å². The van der Waals surface area contributed by atoms with E-state index in [1.54, 1.807) is 43.5 Å². The van der Waals surface area contributed by atoms with E-state index in [0.29, 0.717) is 38.7 Å². The second-order valence-corrected chi connectivity index (χ2v) is 7.39. The van der Waals surface area contributed by atoms with Crippen LogP contribution in [0, 0.1) is 0 Å². The first-order chi connectivity index (χ1) is 14.0. The summed E-state index contributed by atoms with van der Waals surface area (Å²) in [6.45, 7) is 0.298. The molecule has 0 aliphatic heterocycles. The van der Waals surface area contributed by atoms with E-state index in [2.05, 4.69) is 0 Å². The van der Waals surface area contributed by atoms with Crippen LogP contribution in [0.4, 0.5) is 0 Å². The van der Waals surface area contributed by atoms with Gasteiger partial charge in [-0.25, -0.2) is 0 Å². The molecule has 29 heavy (non-hydrogen) atoms. The molecular formula is C23H17Cl3O3. The van der Waals surface area contributed by atoms with Crippen LogP contribution in [0.1, 0.15) is 21.5 Å². The molecule has 148 valence electrons. The molecular weight excluding hydrogens is 431 g/mol. The molecule has 0 spiro atoms. The van der Waals surface area contributed by atoms with E-state index >= 15 is 0 Å². The smallest absolute Gasteiger partial charge is 0.185 e. The quantitative estimate of drug-likeness (QED) is 0.285. The van der Waals surface area contributed by atoms with Crippen molar-refractivity contribution in [3.8, 4) is 11.5 Å². The summed E-state index contributed by atoms with van der Waals surface area (Å²) in [7, 11) is 1.60. The largest absolute Gasteiger partial charge is 0.496 e. The standard InChI is InChI=1S/C23H17Cl3O3/c1-28-23-10-6-15(5-9-22(27)16-7-8-20(25)21(26)12-16)11-17(23)14-29-19-4-2-3-18(24)13-19/h2-13H,14H2,1H3/b9-5+. The zero-order chi connectivity index (χ0) is 20.8. The van der Waals surface area contributed by atoms with Crippen LogP contribution in [0.25, 0.3) is 6.08 Å². The third-order valence-corrected chi connectivity index (χ3v) is 5.10. The van der Waals surface area contributed by atoms with Crippen molar-refractivity contribution >= 4 is 46.7 Å². The van der Waals surface area contributed by atoms with E-state index in [0.717, 1.165) is 11.1 Å². The number of benzene rings is 3. The highest BCUT2D eigenvalue weighted by Gasteiger charge is 2.07. The Labute approximate surface area is 184 Å². The minimum Gasteiger partial charge on any atom is -0.496 e. The Morgan fingerprint density at radius 2 is 1.79 bits per heavy atom. The maximum atomic E-state index is 12.4. The zero-order valence-corrected chi connectivity index (χ0v) is 17.8. The van der Waals surface area contributed by atoms with E-state index in [4.69, 9.17) is 44.3 Å². The van der Waals surface area contributed by atoms with Gasteiger partial charge in [0.25, 0.3) is 0 Å². The molecule has 0 atom stereocenters. The van der Waals surface area contributed by atoms with Gasteiger partial charge in [-0.1, -0.05) is 53.0 Å². The number of ketones is 1. The van der Waals surface area contributed by atoms with Crippen molar-refractivity contribution in [2.75, 3.05) is 7.11 Å². The monoisotopic (exact) mass is 446 g/mol. The number of ether oxygens (including phenoxy) is 2. The van der Waals surface area contributed by atoms with Gasteiger partial charge in [0.2, 0.25) is 0 Å². The van der Waals surface area contributed by atoms with Gasteiger partial charge < -0.3 is 9.47 Å². The summed E-state index contributed by atoms with van der Waals surface area (Å²) < 4.78 is 11.2. The highest BCUT2D eigenvalue weighted by molar-refractivity contribution is 6.42. The number of allylic oxidation sites excluding steroid dienone is 1. The second-order valence-electron chi connectivity index (χ2n) is 6.14. The molecule has 3 nitrogen and oxygen atoms in total. The van der Waals surface area contributed by atoms with Crippen LogP contribution < -0.4 is 9.47 Å². The molecule has 0 unspecified atom stereocenters. The van der Waals surface area contributed by atoms with Crippen molar-refractivity contribution in [3.05, 3.63) is 98.5 Å². The fourth-order valence-corrected chi connectivity index (χ4v) is 3.13. The molecule has 0 heterocycles. The Kier molecular flexibility index (Phi) is 7.21. The molecule has 0 fully saturated rings. The Hall–Kier alpha value is -2.46. The lowest BCUT2D eigenvalue weighted by Gasteiger charge is -2.11. The highest BCUT2D eigenvalue weighted by Crippen LogP contribution is 2.25. The average molecular weight is 448 g/mol. The summed E-state index contributed by atoms with van der Waals surface area (Å²) in [5.74, 6) is 1.19. The van der Waals surface area contributed by atoms with Gasteiger partial charge in [0.1, 0.15) is 18.1 Å². The van der Waals surface area contributed by atoms with Gasteiger partial charge in [-0.3, -0.25) is 4.79 Å². The van der Waals surface area contributed by atoms with Gasteiger partial charge in [0, 0.05) is 16.1 Å². The minimum absolute atomic E-state index is 0.170. The van der Waals surface area contributed by atoms with Crippen LogP contribution in [-0.4, -0.2) is 12.9 Å².